The van der Waals surface area contributed by atoms with E-state index in [0.717, 1.165) is 30.8 Å². The number of carbonyl (C=O) groups excluding carboxylic acids is 1. The molecule has 4 rings (SSSR count). The van der Waals surface area contributed by atoms with Crippen LogP contribution in [0.4, 0.5) is 5.69 Å². The minimum absolute atomic E-state index is 0.195. The second-order valence-corrected chi connectivity index (χ2v) is 8.80. The van der Waals surface area contributed by atoms with Gasteiger partial charge in [-0.3, -0.25) is 4.79 Å². The number of aromatic nitrogens is 1. The third kappa shape index (κ3) is 3.66. The SMILES string of the molecule is COc1ccc(C)cc1NC(=O)c1cc(-c2ccc(Br)s2)nc2ccccc12. The highest BCUT2D eigenvalue weighted by Crippen LogP contribution is 2.33. The number of nitrogens with zero attached hydrogens (tertiary/aromatic N) is 1. The number of benzene rings is 2. The summed E-state index contributed by atoms with van der Waals surface area (Å²) in [5, 5.41) is 3.81. The maximum atomic E-state index is 13.2. The minimum atomic E-state index is -0.195. The van der Waals surface area contributed by atoms with E-state index in [9.17, 15) is 4.79 Å². The van der Waals surface area contributed by atoms with Gasteiger partial charge in [0, 0.05) is 5.39 Å². The quantitative estimate of drug-likeness (QED) is 0.395. The van der Waals surface area contributed by atoms with Crippen LogP contribution in [-0.4, -0.2) is 18.0 Å². The van der Waals surface area contributed by atoms with E-state index in [1.54, 1.807) is 18.4 Å². The average Bonchev–Trinajstić information content (AvgIpc) is 3.13. The van der Waals surface area contributed by atoms with Gasteiger partial charge in [0.2, 0.25) is 0 Å². The van der Waals surface area contributed by atoms with Crippen molar-refractivity contribution in [3.63, 3.8) is 0 Å². The molecule has 0 aliphatic heterocycles. The molecule has 140 valence electrons. The molecule has 0 atom stereocenters. The molecule has 0 saturated carbocycles. The Morgan fingerprint density at radius 3 is 2.68 bits per heavy atom. The number of carbonyl (C=O) groups is 1. The number of nitrogens with one attached hydrogen (secondary N) is 1. The number of anilines is 1. The van der Waals surface area contributed by atoms with Crippen molar-refractivity contribution in [3.8, 4) is 16.3 Å². The number of thiophene rings is 1. The molecule has 0 aliphatic carbocycles. The van der Waals surface area contributed by atoms with Gasteiger partial charge >= 0.3 is 0 Å². The monoisotopic (exact) mass is 452 g/mol. The van der Waals surface area contributed by atoms with Gasteiger partial charge in [-0.15, -0.1) is 11.3 Å². The first-order valence-corrected chi connectivity index (χ1v) is 10.3. The van der Waals surface area contributed by atoms with Gasteiger partial charge < -0.3 is 10.1 Å². The van der Waals surface area contributed by atoms with Gasteiger partial charge in [-0.25, -0.2) is 4.98 Å². The van der Waals surface area contributed by atoms with Gasteiger partial charge in [0.15, 0.2) is 0 Å². The fourth-order valence-electron chi connectivity index (χ4n) is 3.05. The highest BCUT2D eigenvalue weighted by molar-refractivity contribution is 9.11. The first-order chi connectivity index (χ1) is 13.5. The molecule has 28 heavy (non-hydrogen) atoms. The number of hydrogen-bond donors (Lipinski definition) is 1. The predicted molar refractivity (Wildman–Crippen MR) is 118 cm³/mol. The van der Waals surface area contributed by atoms with Crippen molar-refractivity contribution in [2.45, 2.75) is 6.92 Å². The van der Waals surface area contributed by atoms with Crippen molar-refractivity contribution in [3.05, 3.63) is 75.6 Å². The summed E-state index contributed by atoms with van der Waals surface area (Å²) in [4.78, 5) is 18.9. The highest BCUT2D eigenvalue weighted by Gasteiger charge is 2.16. The third-order valence-electron chi connectivity index (χ3n) is 4.39. The molecule has 0 bridgehead atoms. The highest BCUT2D eigenvalue weighted by atomic mass is 79.9. The molecule has 1 amide bonds. The number of halogens is 1. The van der Waals surface area contributed by atoms with Crippen LogP contribution >= 0.6 is 27.3 Å². The molecular weight excluding hydrogens is 436 g/mol. The molecule has 0 saturated heterocycles. The van der Waals surface area contributed by atoms with Crippen LogP contribution in [0.1, 0.15) is 15.9 Å². The Labute approximate surface area is 175 Å². The van der Waals surface area contributed by atoms with Crippen LogP contribution in [0.5, 0.6) is 5.75 Å². The van der Waals surface area contributed by atoms with Crippen LogP contribution < -0.4 is 10.1 Å². The van der Waals surface area contributed by atoms with Crippen molar-refractivity contribution >= 4 is 49.8 Å². The van der Waals surface area contributed by atoms with Gasteiger partial charge in [-0.05, 0) is 64.8 Å². The van der Waals surface area contributed by atoms with Gasteiger partial charge in [-0.2, -0.15) is 0 Å². The lowest BCUT2D eigenvalue weighted by atomic mass is 10.1. The molecule has 2 aromatic carbocycles. The molecule has 6 heteroatoms. The standard InChI is InChI=1S/C22H17BrN2O2S/c1-13-7-8-19(27-2)17(11-13)25-22(26)15-12-18(20-9-10-21(23)28-20)24-16-6-4-3-5-14(15)16/h3-12H,1-2H3,(H,25,26). The zero-order valence-electron chi connectivity index (χ0n) is 15.3. The second-order valence-electron chi connectivity index (χ2n) is 6.33. The van der Waals surface area contributed by atoms with E-state index in [0.29, 0.717) is 17.0 Å². The Hall–Kier alpha value is -2.70. The third-order valence-corrected chi connectivity index (χ3v) is 6.04. The Morgan fingerprint density at radius 2 is 1.93 bits per heavy atom. The molecule has 0 aliphatic rings. The molecule has 0 unspecified atom stereocenters. The van der Waals surface area contributed by atoms with E-state index in [-0.39, 0.29) is 5.91 Å². The number of fused-ring (bicyclic) bond motifs is 1. The molecule has 0 radical (unpaired) electrons. The van der Waals surface area contributed by atoms with E-state index < -0.39 is 0 Å². The van der Waals surface area contributed by atoms with Crippen molar-refractivity contribution in [2.24, 2.45) is 0 Å². The lowest BCUT2D eigenvalue weighted by molar-refractivity contribution is 0.102. The van der Waals surface area contributed by atoms with Gasteiger partial charge in [0.25, 0.3) is 5.91 Å². The number of aryl methyl sites for hydroxylation is 1. The molecule has 1 N–H and O–H groups in total. The normalized spacial score (nSPS) is 10.8. The van der Waals surface area contributed by atoms with Crippen LogP contribution in [0.2, 0.25) is 0 Å². The summed E-state index contributed by atoms with van der Waals surface area (Å²) in [5.74, 6) is 0.430. The van der Waals surface area contributed by atoms with Crippen LogP contribution in [0, 0.1) is 6.92 Å². The minimum Gasteiger partial charge on any atom is -0.495 e. The molecule has 4 aromatic rings. The van der Waals surface area contributed by atoms with E-state index in [1.807, 2.05) is 67.6 Å². The van der Waals surface area contributed by atoms with Gasteiger partial charge in [0.05, 0.1) is 38.2 Å². The first-order valence-electron chi connectivity index (χ1n) is 8.66. The van der Waals surface area contributed by atoms with E-state index in [4.69, 9.17) is 9.72 Å². The number of para-hydroxylation sites is 1. The summed E-state index contributed by atoms with van der Waals surface area (Å²) < 4.78 is 6.41. The fourth-order valence-corrected chi connectivity index (χ4v) is 4.40. The summed E-state index contributed by atoms with van der Waals surface area (Å²) in [6, 6.07) is 19.2. The topological polar surface area (TPSA) is 51.2 Å². The summed E-state index contributed by atoms with van der Waals surface area (Å²) in [7, 11) is 1.59. The van der Waals surface area contributed by atoms with Crippen molar-refractivity contribution in [1.29, 1.82) is 0 Å². The number of hydrogen-bond acceptors (Lipinski definition) is 4. The van der Waals surface area contributed by atoms with Crippen molar-refractivity contribution in [1.82, 2.24) is 4.98 Å². The number of pyridine rings is 1. The smallest absolute Gasteiger partial charge is 0.256 e. The number of rotatable bonds is 4. The zero-order valence-corrected chi connectivity index (χ0v) is 17.7. The lowest BCUT2D eigenvalue weighted by Gasteiger charge is -2.13. The van der Waals surface area contributed by atoms with Crippen LogP contribution in [0.25, 0.3) is 21.5 Å². The Morgan fingerprint density at radius 1 is 1.11 bits per heavy atom. The van der Waals surface area contributed by atoms with Crippen LogP contribution in [-0.2, 0) is 0 Å². The molecule has 2 heterocycles. The van der Waals surface area contributed by atoms with E-state index in [1.165, 1.54) is 0 Å². The van der Waals surface area contributed by atoms with E-state index in [2.05, 4.69) is 21.2 Å². The molecule has 4 nitrogen and oxygen atoms in total. The first kappa shape index (κ1) is 18.7. The largest absolute Gasteiger partial charge is 0.495 e. The van der Waals surface area contributed by atoms with Crippen molar-refractivity contribution < 1.29 is 9.53 Å². The number of ether oxygens (including phenoxy) is 1. The summed E-state index contributed by atoms with van der Waals surface area (Å²) >= 11 is 5.08. The predicted octanol–water partition coefficient (Wildman–Crippen LogP) is 6.30. The maximum Gasteiger partial charge on any atom is 0.256 e. The number of amides is 1. The van der Waals surface area contributed by atoms with Crippen LogP contribution in [0.15, 0.2) is 64.5 Å². The molecule has 0 fully saturated rings. The summed E-state index contributed by atoms with van der Waals surface area (Å²) in [6.07, 6.45) is 0. The lowest BCUT2D eigenvalue weighted by Crippen LogP contribution is -2.14. The fraction of sp³-hybridized carbons (Fsp3) is 0.0909. The maximum absolute atomic E-state index is 13.2. The number of methoxy groups -OCH3 is 1. The Bertz CT molecular complexity index is 1190. The van der Waals surface area contributed by atoms with Crippen LogP contribution in [0.3, 0.4) is 0 Å². The summed E-state index contributed by atoms with van der Waals surface area (Å²) in [5.41, 5.74) is 3.82. The molecule has 0 spiro atoms. The summed E-state index contributed by atoms with van der Waals surface area (Å²) in [6.45, 7) is 1.98. The van der Waals surface area contributed by atoms with E-state index >= 15 is 0 Å². The molecular formula is C22H17BrN2O2S. The Kier molecular flexibility index (Phi) is 5.15. The van der Waals surface area contributed by atoms with Gasteiger partial charge in [-0.1, -0.05) is 24.3 Å². The van der Waals surface area contributed by atoms with Crippen molar-refractivity contribution in [2.75, 3.05) is 12.4 Å². The van der Waals surface area contributed by atoms with Gasteiger partial charge in [0.1, 0.15) is 5.75 Å². The Balaban J connectivity index is 1.81. The zero-order chi connectivity index (χ0) is 19.7. The average molecular weight is 453 g/mol. The molecule has 2 aromatic heterocycles. The second kappa shape index (κ2) is 7.73.